The minimum atomic E-state index is 0.140. The molecule has 0 N–H and O–H groups in total. The van der Waals surface area contributed by atoms with E-state index in [4.69, 9.17) is 0 Å². The monoisotopic (exact) mass is 276 g/mol. The normalized spacial score (nSPS) is 9.35. The number of benzene rings is 1. The van der Waals surface area contributed by atoms with Crippen molar-refractivity contribution < 1.29 is 4.79 Å². The summed E-state index contributed by atoms with van der Waals surface area (Å²) in [4.78, 5) is 11.1. The van der Waals surface area contributed by atoms with Gasteiger partial charge in [0.05, 0.1) is 0 Å². The van der Waals surface area contributed by atoms with Crippen LogP contribution in [0.2, 0.25) is 0 Å². The van der Waals surface area contributed by atoms with Crippen LogP contribution in [0, 0.1) is 0 Å². The van der Waals surface area contributed by atoms with Gasteiger partial charge < -0.3 is 0 Å². The molecule has 0 atom stereocenters. The largest absolute Gasteiger partial charge is 0.295 e. The molecule has 1 aromatic rings. The van der Waals surface area contributed by atoms with Gasteiger partial charge in [0.1, 0.15) is 0 Å². The molecule has 0 aromatic heterocycles. The average Bonchev–Trinajstić information content (AvgIpc) is 2.51. The molecule has 1 aromatic carbocycles. The van der Waals surface area contributed by atoms with Gasteiger partial charge in [0, 0.05) is 0 Å². The van der Waals surface area contributed by atoms with Crippen LogP contribution in [-0.4, -0.2) is 5.78 Å². The number of carbonyl (C=O) groups excluding carboxylic acids is 1. The first kappa shape index (κ1) is 23.5. The Hall–Kier alpha value is -1.63. The van der Waals surface area contributed by atoms with Crippen LogP contribution in [0.1, 0.15) is 60.5 Å². The molecular weight excluding hydrogens is 244 g/mol. The van der Waals surface area contributed by atoms with Crippen LogP contribution in [0.25, 0.3) is 5.57 Å². The van der Waals surface area contributed by atoms with Crippen LogP contribution in [0.5, 0.6) is 0 Å². The average molecular weight is 276 g/mol. The molecule has 1 heteroatoms. The molecule has 0 aliphatic rings. The van der Waals surface area contributed by atoms with E-state index in [1.165, 1.54) is 6.42 Å². The Morgan fingerprint density at radius 3 is 1.60 bits per heavy atom. The third kappa shape index (κ3) is 11.5. The molecule has 0 aliphatic heterocycles. The van der Waals surface area contributed by atoms with Gasteiger partial charge in [-0.05, 0) is 37.5 Å². The fourth-order valence-corrected chi connectivity index (χ4v) is 1.17. The first-order valence-electron chi connectivity index (χ1n) is 7.28. The first-order chi connectivity index (χ1) is 9.54. The molecule has 1 rings (SSSR count). The van der Waals surface area contributed by atoms with Gasteiger partial charge in [0.2, 0.25) is 0 Å². The Balaban J connectivity index is -0.000000355. The van der Waals surface area contributed by atoms with E-state index < -0.39 is 0 Å². The van der Waals surface area contributed by atoms with Gasteiger partial charge in [0.15, 0.2) is 5.78 Å². The zero-order valence-electron chi connectivity index (χ0n) is 14.4. The molecule has 0 spiro atoms. The van der Waals surface area contributed by atoms with Gasteiger partial charge in [-0.3, -0.25) is 4.79 Å². The highest BCUT2D eigenvalue weighted by atomic mass is 16.1. The number of rotatable bonds is 2. The molecule has 0 amide bonds. The van der Waals surface area contributed by atoms with Crippen LogP contribution < -0.4 is 0 Å². The maximum atomic E-state index is 11.1. The standard InChI is InChI=1S/C12H14O.C3H8.C2H6.C2H4/c1-9(11(3)13)10(2)12-7-5-4-6-8-12;1-3-2;2*1-2/h4-8H,1-3H3;3H2,1-2H3;1-2H3;1-2H2/b10-9+;;;. The van der Waals surface area contributed by atoms with E-state index in [0.717, 1.165) is 16.7 Å². The predicted octanol–water partition coefficient (Wildman–Crippen LogP) is 6.31. The second-order valence-electron chi connectivity index (χ2n) is 3.88. The van der Waals surface area contributed by atoms with Crippen molar-refractivity contribution in [3.8, 4) is 0 Å². The first-order valence-corrected chi connectivity index (χ1v) is 7.28. The summed E-state index contributed by atoms with van der Waals surface area (Å²) in [7, 11) is 0. The van der Waals surface area contributed by atoms with Crippen molar-refractivity contribution in [2.45, 2.75) is 54.9 Å². The van der Waals surface area contributed by atoms with Gasteiger partial charge >= 0.3 is 0 Å². The summed E-state index contributed by atoms with van der Waals surface area (Å²) in [5, 5.41) is 0. The SMILES string of the molecule is C=C.CC.CC(=O)/C(C)=C(\C)c1ccccc1.CCC. The second-order valence-corrected chi connectivity index (χ2v) is 3.88. The molecule has 0 heterocycles. The van der Waals surface area contributed by atoms with E-state index in [0.29, 0.717) is 0 Å². The fraction of sp³-hybridized carbons (Fsp3) is 0.421. The summed E-state index contributed by atoms with van der Waals surface area (Å²) >= 11 is 0. The van der Waals surface area contributed by atoms with Gasteiger partial charge in [0.25, 0.3) is 0 Å². The lowest BCUT2D eigenvalue weighted by atomic mass is 10.0. The number of hydrogen-bond donors (Lipinski definition) is 0. The topological polar surface area (TPSA) is 17.1 Å². The molecule has 0 radical (unpaired) electrons. The van der Waals surface area contributed by atoms with Crippen molar-refractivity contribution in [3.63, 3.8) is 0 Å². The van der Waals surface area contributed by atoms with Crippen LogP contribution >= 0.6 is 0 Å². The Morgan fingerprint density at radius 1 is 0.950 bits per heavy atom. The highest BCUT2D eigenvalue weighted by Crippen LogP contribution is 2.17. The Labute approximate surface area is 126 Å². The van der Waals surface area contributed by atoms with Crippen LogP contribution in [0.15, 0.2) is 49.1 Å². The molecule has 0 fully saturated rings. The van der Waals surface area contributed by atoms with Crippen LogP contribution in [-0.2, 0) is 4.79 Å². The zero-order chi connectivity index (χ0) is 16.6. The van der Waals surface area contributed by atoms with E-state index in [9.17, 15) is 4.79 Å². The van der Waals surface area contributed by atoms with Crippen molar-refractivity contribution >= 4 is 11.4 Å². The smallest absolute Gasteiger partial charge is 0.155 e. The quantitative estimate of drug-likeness (QED) is 0.456. The van der Waals surface area contributed by atoms with Gasteiger partial charge in [-0.25, -0.2) is 0 Å². The van der Waals surface area contributed by atoms with E-state index in [1.807, 2.05) is 58.0 Å². The molecule has 20 heavy (non-hydrogen) atoms. The maximum absolute atomic E-state index is 11.1. The number of ketones is 1. The lowest BCUT2D eigenvalue weighted by molar-refractivity contribution is -0.113. The van der Waals surface area contributed by atoms with Crippen LogP contribution in [0.3, 0.4) is 0 Å². The van der Waals surface area contributed by atoms with Crippen molar-refractivity contribution in [2.75, 3.05) is 0 Å². The minimum absolute atomic E-state index is 0.140. The van der Waals surface area contributed by atoms with Crippen molar-refractivity contribution in [1.82, 2.24) is 0 Å². The highest BCUT2D eigenvalue weighted by Gasteiger charge is 2.03. The summed E-state index contributed by atoms with van der Waals surface area (Å²) in [5.41, 5.74) is 3.02. The van der Waals surface area contributed by atoms with E-state index >= 15 is 0 Å². The maximum Gasteiger partial charge on any atom is 0.155 e. The molecule has 114 valence electrons. The van der Waals surface area contributed by atoms with Gasteiger partial charge in [-0.15, -0.1) is 13.2 Å². The fourth-order valence-electron chi connectivity index (χ4n) is 1.17. The van der Waals surface area contributed by atoms with Gasteiger partial charge in [-0.2, -0.15) is 0 Å². The number of carbonyl (C=O) groups is 1. The Morgan fingerprint density at radius 2 is 1.30 bits per heavy atom. The molecule has 0 bridgehead atoms. The van der Waals surface area contributed by atoms with Crippen molar-refractivity contribution in [3.05, 3.63) is 54.6 Å². The molecule has 0 unspecified atom stereocenters. The summed E-state index contributed by atoms with van der Waals surface area (Å²) in [6.07, 6.45) is 1.25. The van der Waals surface area contributed by atoms with Crippen molar-refractivity contribution in [1.29, 1.82) is 0 Å². The minimum Gasteiger partial charge on any atom is -0.295 e. The van der Waals surface area contributed by atoms with E-state index in [1.54, 1.807) is 6.92 Å². The molecule has 0 saturated heterocycles. The Bertz CT molecular complexity index is 361. The zero-order valence-corrected chi connectivity index (χ0v) is 14.4. The molecular formula is C19H32O. The molecule has 0 aliphatic carbocycles. The molecule has 1 nitrogen and oxygen atoms in total. The number of hydrogen-bond acceptors (Lipinski definition) is 1. The van der Waals surface area contributed by atoms with E-state index in [2.05, 4.69) is 27.0 Å². The van der Waals surface area contributed by atoms with Crippen molar-refractivity contribution in [2.24, 2.45) is 0 Å². The summed E-state index contributed by atoms with van der Waals surface area (Å²) < 4.78 is 0. The molecule has 0 saturated carbocycles. The van der Waals surface area contributed by atoms with E-state index in [-0.39, 0.29) is 5.78 Å². The predicted molar refractivity (Wildman–Crippen MR) is 94.0 cm³/mol. The number of allylic oxidation sites excluding steroid dienone is 2. The Kier molecular flexibility index (Phi) is 20.4. The third-order valence-corrected chi connectivity index (χ3v) is 2.30. The lowest BCUT2D eigenvalue weighted by Crippen LogP contribution is -1.95. The van der Waals surface area contributed by atoms with Crippen LogP contribution in [0.4, 0.5) is 0 Å². The number of Topliss-reactive ketones (excluding diaryl/α,β-unsaturated/α-hetero) is 1. The summed E-state index contributed by atoms with van der Waals surface area (Å²) in [6.45, 7) is 19.7. The summed E-state index contributed by atoms with van der Waals surface area (Å²) in [5.74, 6) is 0.140. The third-order valence-electron chi connectivity index (χ3n) is 2.30. The second kappa shape index (κ2) is 17.4. The van der Waals surface area contributed by atoms with Gasteiger partial charge in [-0.1, -0.05) is 64.4 Å². The lowest BCUT2D eigenvalue weighted by Gasteiger charge is -2.04. The highest BCUT2D eigenvalue weighted by molar-refractivity contribution is 6.00. The summed E-state index contributed by atoms with van der Waals surface area (Å²) in [6, 6.07) is 9.96.